The van der Waals surface area contributed by atoms with E-state index in [0.717, 1.165) is 18.5 Å². The molecule has 2 heteroatoms. The van der Waals surface area contributed by atoms with Gasteiger partial charge in [0.1, 0.15) is 0 Å². The summed E-state index contributed by atoms with van der Waals surface area (Å²) in [5.41, 5.74) is 2.53. The second-order valence-electron chi connectivity index (χ2n) is 5.36. The van der Waals surface area contributed by atoms with Gasteiger partial charge in [-0.2, -0.15) is 0 Å². The van der Waals surface area contributed by atoms with Crippen LogP contribution in [-0.4, -0.2) is 30.6 Å². The lowest BCUT2D eigenvalue weighted by Crippen LogP contribution is -2.18. The monoisotopic (exact) mass is 233 g/mol. The van der Waals surface area contributed by atoms with Crippen LogP contribution < -0.4 is 0 Å². The third-order valence-electron chi connectivity index (χ3n) is 3.75. The summed E-state index contributed by atoms with van der Waals surface area (Å²) in [7, 11) is 4.09. The lowest BCUT2D eigenvalue weighted by molar-refractivity contribution is 0.152. The highest BCUT2D eigenvalue weighted by molar-refractivity contribution is 5.33. The van der Waals surface area contributed by atoms with Crippen LogP contribution in [0.3, 0.4) is 0 Å². The summed E-state index contributed by atoms with van der Waals surface area (Å²) in [4.78, 5) is 2.12. The van der Waals surface area contributed by atoms with Crippen LogP contribution in [0.25, 0.3) is 0 Å². The van der Waals surface area contributed by atoms with E-state index in [0.29, 0.717) is 5.92 Å². The quantitative estimate of drug-likeness (QED) is 0.845. The zero-order valence-electron chi connectivity index (χ0n) is 10.9. The van der Waals surface area contributed by atoms with Crippen LogP contribution >= 0.6 is 0 Å². The van der Waals surface area contributed by atoms with Crippen molar-refractivity contribution in [1.82, 2.24) is 4.90 Å². The van der Waals surface area contributed by atoms with Gasteiger partial charge < -0.3 is 10.0 Å². The van der Waals surface area contributed by atoms with Crippen LogP contribution in [-0.2, 0) is 0 Å². The molecule has 1 aromatic rings. The first-order valence-electron chi connectivity index (χ1n) is 6.60. The van der Waals surface area contributed by atoms with Crippen molar-refractivity contribution in [2.45, 2.75) is 37.7 Å². The minimum Gasteiger partial charge on any atom is -0.388 e. The Balaban J connectivity index is 2.07. The number of nitrogens with zero attached hydrogens (tertiary/aromatic N) is 1. The maximum atomic E-state index is 10.3. The van der Waals surface area contributed by atoms with Crippen LogP contribution in [0.1, 0.15) is 48.8 Å². The Morgan fingerprint density at radius 3 is 2.59 bits per heavy atom. The Labute approximate surface area is 104 Å². The van der Waals surface area contributed by atoms with E-state index >= 15 is 0 Å². The molecule has 94 valence electrons. The fourth-order valence-electron chi connectivity index (χ4n) is 2.44. The average molecular weight is 233 g/mol. The van der Waals surface area contributed by atoms with Crippen molar-refractivity contribution in [2.24, 2.45) is 0 Å². The van der Waals surface area contributed by atoms with Crippen LogP contribution in [0.2, 0.25) is 0 Å². The molecule has 1 N–H and O–H groups in total. The Morgan fingerprint density at radius 2 is 2.00 bits per heavy atom. The molecule has 2 rings (SSSR count). The lowest BCUT2D eigenvalue weighted by Gasteiger charge is -2.29. The zero-order valence-corrected chi connectivity index (χ0v) is 10.9. The molecule has 2 nitrogen and oxygen atoms in total. The summed E-state index contributed by atoms with van der Waals surface area (Å²) >= 11 is 0. The summed E-state index contributed by atoms with van der Waals surface area (Å²) in [5, 5.41) is 10.3. The summed E-state index contributed by atoms with van der Waals surface area (Å²) < 4.78 is 0. The molecule has 1 atom stereocenters. The van der Waals surface area contributed by atoms with E-state index in [4.69, 9.17) is 0 Å². The van der Waals surface area contributed by atoms with Gasteiger partial charge in [-0.05, 0) is 50.4 Å². The van der Waals surface area contributed by atoms with E-state index in [1.165, 1.54) is 24.8 Å². The summed E-state index contributed by atoms with van der Waals surface area (Å²) in [5.74, 6) is 0.695. The molecule has 1 aliphatic carbocycles. The number of hydrogen-bond acceptors (Lipinski definition) is 2. The molecule has 1 aromatic carbocycles. The number of aliphatic hydroxyl groups is 1. The third-order valence-corrected chi connectivity index (χ3v) is 3.75. The highest BCUT2D eigenvalue weighted by atomic mass is 16.3. The predicted molar refractivity (Wildman–Crippen MR) is 71.2 cm³/mol. The van der Waals surface area contributed by atoms with Gasteiger partial charge >= 0.3 is 0 Å². The predicted octanol–water partition coefficient (Wildman–Crippen LogP) is 2.94. The fourth-order valence-corrected chi connectivity index (χ4v) is 2.44. The first-order valence-corrected chi connectivity index (χ1v) is 6.60. The molecule has 0 aromatic heterocycles. The van der Waals surface area contributed by atoms with Crippen LogP contribution in [0.5, 0.6) is 0 Å². The van der Waals surface area contributed by atoms with Gasteiger partial charge in [0.2, 0.25) is 0 Å². The van der Waals surface area contributed by atoms with E-state index in [1.807, 2.05) is 20.2 Å². The number of aliphatic hydroxyl groups excluding tert-OH is 1. The number of benzene rings is 1. The standard InChI is InChI=1S/C15H23NO/c1-16(2)11-10-15(17)14-9-4-3-8-13(14)12-6-5-7-12/h3-4,8-9,12,15,17H,5-7,10-11H2,1-2H3. The first kappa shape index (κ1) is 12.6. The highest BCUT2D eigenvalue weighted by Crippen LogP contribution is 2.39. The molecule has 0 aliphatic heterocycles. The molecular weight excluding hydrogens is 210 g/mol. The molecule has 0 heterocycles. The van der Waals surface area contributed by atoms with Gasteiger partial charge in [0.25, 0.3) is 0 Å². The van der Waals surface area contributed by atoms with Gasteiger partial charge in [-0.15, -0.1) is 0 Å². The third kappa shape index (κ3) is 3.08. The molecule has 0 bridgehead atoms. The van der Waals surface area contributed by atoms with Crippen molar-refractivity contribution in [3.8, 4) is 0 Å². The van der Waals surface area contributed by atoms with Crippen molar-refractivity contribution in [3.05, 3.63) is 35.4 Å². The minimum atomic E-state index is -0.311. The maximum Gasteiger partial charge on any atom is 0.0805 e. The zero-order chi connectivity index (χ0) is 12.3. The van der Waals surface area contributed by atoms with Crippen LogP contribution in [0.15, 0.2) is 24.3 Å². The second kappa shape index (κ2) is 5.65. The van der Waals surface area contributed by atoms with Gasteiger partial charge in [-0.25, -0.2) is 0 Å². The Bertz CT molecular complexity index is 358. The Hall–Kier alpha value is -0.860. The maximum absolute atomic E-state index is 10.3. The van der Waals surface area contributed by atoms with E-state index < -0.39 is 0 Å². The Kier molecular flexibility index (Phi) is 4.19. The molecule has 1 fully saturated rings. The van der Waals surface area contributed by atoms with Crippen molar-refractivity contribution < 1.29 is 5.11 Å². The van der Waals surface area contributed by atoms with Crippen molar-refractivity contribution >= 4 is 0 Å². The number of hydrogen-bond donors (Lipinski definition) is 1. The van der Waals surface area contributed by atoms with E-state index in [9.17, 15) is 5.11 Å². The second-order valence-corrected chi connectivity index (χ2v) is 5.36. The van der Waals surface area contributed by atoms with E-state index in [-0.39, 0.29) is 6.10 Å². The summed E-state index contributed by atoms with van der Waals surface area (Å²) in [6, 6.07) is 8.41. The van der Waals surface area contributed by atoms with Crippen molar-refractivity contribution in [1.29, 1.82) is 0 Å². The molecule has 0 radical (unpaired) electrons. The average Bonchev–Trinajstić information content (AvgIpc) is 2.24. The van der Waals surface area contributed by atoms with Crippen molar-refractivity contribution in [2.75, 3.05) is 20.6 Å². The highest BCUT2D eigenvalue weighted by Gasteiger charge is 2.23. The SMILES string of the molecule is CN(C)CCC(O)c1ccccc1C1CCC1. The van der Waals surface area contributed by atoms with Gasteiger partial charge in [0.05, 0.1) is 6.10 Å². The molecule has 1 aliphatic rings. The van der Waals surface area contributed by atoms with E-state index in [2.05, 4.69) is 23.1 Å². The molecule has 17 heavy (non-hydrogen) atoms. The molecule has 0 spiro atoms. The molecule has 0 saturated heterocycles. The lowest BCUT2D eigenvalue weighted by atomic mass is 9.77. The summed E-state index contributed by atoms with van der Waals surface area (Å²) in [6.45, 7) is 0.931. The number of rotatable bonds is 5. The van der Waals surface area contributed by atoms with Crippen molar-refractivity contribution in [3.63, 3.8) is 0 Å². The molecule has 1 unspecified atom stereocenters. The van der Waals surface area contributed by atoms with Crippen LogP contribution in [0, 0.1) is 0 Å². The minimum absolute atomic E-state index is 0.311. The van der Waals surface area contributed by atoms with Crippen LogP contribution in [0.4, 0.5) is 0 Å². The van der Waals surface area contributed by atoms with Gasteiger partial charge in [0, 0.05) is 6.54 Å². The molecule has 0 amide bonds. The van der Waals surface area contributed by atoms with E-state index in [1.54, 1.807) is 0 Å². The topological polar surface area (TPSA) is 23.5 Å². The van der Waals surface area contributed by atoms with Gasteiger partial charge in [-0.3, -0.25) is 0 Å². The smallest absolute Gasteiger partial charge is 0.0805 e. The normalized spacial score (nSPS) is 18.1. The largest absolute Gasteiger partial charge is 0.388 e. The molecule has 1 saturated carbocycles. The summed E-state index contributed by atoms with van der Waals surface area (Å²) in [6.07, 6.45) is 4.42. The fraction of sp³-hybridized carbons (Fsp3) is 0.600. The van der Waals surface area contributed by atoms with Gasteiger partial charge in [-0.1, -0.05) is 30.7 Å². The van der Waals surface area contributed by atoms with Gasteiger partial charge in [0.15, 0.2) is 0 Å². The Morgan fingerprint density at radius 1 is 1.29 bits per heavy atom. The first-order chi connectivity index (χ1) is 8.18. The molecular formula is C15H23NO.